The summed E-state index contributed by atoms with van der Waals surface area (Å²) in [4.78, 5) is 10.5. The molecule has 0 rings (SSSR count). The summed E-state index contributed by atoms with van der Waals surface area (Å²) in [6.07, 6.45) is 0. The normalized spacial score (nSPS) is 12.9. The highest BCUT2D eigenvalue weighted by atomic mass is 16.3. The molecular weight excluding hydrogens is 140 g/mol. The maximum Gasteiger partial charge on any atom is 0.0534 e. The highest BCUT2D eigenvalue weighted by Crippen LogP contribution is 2.24. The van der Waals surface area contributed by atoms with Crippen molar-refractivity contribution < 1.29 is 0 Å². The van der Waals surface area contributed by atoms with Crippen molar-refractivity contribution in [2.75, 3.05) is 0 Å². The van der Waals surface area contributed by atoms with E-state index in [0.717, 1.165) is 0 Å². The first-order valence-electron chi connectivity index (χ1n) is 3.83. The van der Waals surface area contributed by atoms with Crippen LogP contribution in [0.3, 0.4) is 0 Å². The van der Waals surface area contributed by atoms with Crippen molar-refractivity contribution in [1.29, 1.82) is 0 Å². The number of hydrogen-bond acceptors (Lipinski definition) is 2. The Morgan fingerprint density at radius 3 is 1.18 bits per heavy atom. The van der Waals surface area contributed by atoms with Gasteiger partial charge in [0, 0.05) is 0 Å². The van der Waals surface area contributed by atoms with Crippen LogP contribution in [0.25, 0.3) is 0 Å². The zero-order valence-corrected chi connectivity index (χ0v) is 8.30. The SMILES string of the molecule is CC(C)(C)N(N=O)C(C)(C)C. The highest BCUT2D eigenvalue weighted by molar-refractivity contribution is 4.83. The van der Waals surface area contributed by atoms with Crippen molar-refractivity contribution in [2.24, 2.45) is 5.29 Å². The first-order valence-corrected chi connectivity index (χ1v) is 3.83. The molecule has 0 radical (unpaired) electrons. The molecule has 0 fully saturated rings. The molecule has 0 unspecified atom stereocenters. The van der Waals surface area contributed by atoms with Gasteiger partial charge in [-0.2, -0.15) is 0 Å². The molecule has 0 aliphatic carbocycles. The maximum atomic E-state index is 10.5. The monoisotopic (exact) mass is 158 g/mol. The molecule has 0 amide bonds. The van der Waals surface area contributed by atoms with E-state index in [1.54, 1.807) is 5.01 Å². The molecule has 66 valence electrons. The predicted octanol–water partition coefficient (Wildman–Crippen LogP) is 2.57. The first kappa shape index (κ1) is 10.4. The number of hydrogen-bond donors (Lipinski definition) is 0. The molecule has 3 heteroatoms. The summed E-state index contributed by atoms with van der Waals surface area (Å²) in [5.41, 5.74) is -0.389. The lowest BCUT2D eigenvalue weighted by Crippen LogP contribution is -2.48. The Morgan fingerprint density at radius 2 is 1.18 bits per heavy atom. The van der Waals surface area contributed by atoms with E-state index >= 15 is 0 Å². The molecular formula is C8H18N2O. The van der Waals surface area contributed by atoms with E-state index in [0.29, 0.717) is 0 Å². The Labute approximate surface area is 68.7 Å². The van der Waals surface area contributed by atoms with Gasteiger partial charge in [0.05, 0.1) is 16.4 Å². The van der Waals surface area contributed by atoms with Gasteiger partial charge in [-0.1, -0.05) is 0 Å². The van der Waals surface area contributed by atoms with Crippen LogP contribution in [-0.4, -0.2) is 16.1 Å². The lowest BCUT2D eigenvalue weighted by atomic mass is 9.99. The molecule has 0 aliphatic heterocycles. The van der Waals surface area contributed by atoms with Gasteiger partial charge in [-0.3, -0.25) is 5.01 Å². The van der Waals surface area contributed by atoms with Crippen LogP contribution in [0.5, 0.6) is 0 Å². The predicted molar refractivity (Wildman–Crippen MR) is 47.1 cm³/mol. The third-order valence-electron chi connectivity index (χ3n) is 1.35. The standard InChI is InChI=1S/C8H18N2O/c1-7(2,3)10(9-11)8(4,5)6/h1-6H3. The van der Waals surface area contributed by atoms with E-state index in [9.17, 15) is 4.91 Å². The van der Waals surface area contributed by atoms with E-state index in [1.807, 2.05) is 41.5 Å². The van der Waals surface area contributed by atoms with Crippen molar-refractivity contribution in [3.63, 3.8) is 0 Å². The summed E-state index contributed by atoms with van der Waals surface area (Å²) in [5.74, 6) is 0. The molecule has 0 aromatic rings. The van der Waals surface area contributed by atoms with Crippen LogP contribution in [-0.2, 0) is 0 Å². The molecule has 0 aromatic heterocycles. The summed E-state index contributed by atoms with van der Waals surface area (Å²) in [6, 6.07) is 0. The first-order chi connectivity index (χ1) is 4.69. The zero-order valence-electron chi connectivity index (χ0n) is 8.30. The van der Waals surface area contributed by atoms with Crippen molar-refractivity contribution >= 4 is 0 Å². The van der Waals surface area contributed by atoms with Crippen molar-refractivity contribution in [1.82, 2.24) is 5.01 Å². The molecule has 11 heavy (non-hydrogen) atoms. The minimum absolute atomic E-state index is 0.194. The molecule has 3 nitrogen and oxygen atoms in total. The Morgan fingerprint density at radius 1 is 0.909 bits per heavy atom. The molecule has 0 heterocycles. The minimum atomic E-state index is -0.194. The Balaban J connectivity index is 4.56. The van der Waals surface area contributed by atoms with E-state index in [1.165, 1.54) is 0 Å². The van der Waals surface area contributed by atoms with Gasteiger partial charge < -0.3 is 0 Å². The van der Waals surface area contributed by atoms with Gasteiger partial charge in [-0.15, -0.1) is 4.91 Å². The average Bonchev–Trinajstić information content (AvgIpc) is 1.56. The van der Waals surface area contributed by atoms with Crippen molar-refractivity contribution in [3.05, 3.63) is 4.91 Å². The molecule has 0 N–H and O–H groups in total. The van der Waals surface area contributed by atoms with Gasteiger partial charge in [-0.25, -0.2) is 0 Å². The van der Waals surface area contributed by atoms with Crippen LogP contribution in [0.15, 0.2) is 5.29 Å². The summed E-state index contributed by atoms with van der Waals surface area (Å²) >= 11 is 0. The molecule has 0 saturated carbocycles. The third-order valence-corrected chi connectivity index (χ3v) is 1.35. The van der Waals surface area contributed by atoms with Crippen LogP contribution >= 0.6 is 0 Å². The van der Waals surface area contributed by atoms with E-state index < -0.39 is 0 Å². The third kappa shape index (κ3) is 2.87. The van der Waals surface area contributed by atoms with E-state index in [-0.39, 0.29) is 11.1 Å². The van der Waals surface area contributed by atoms with Crippen LogP contribution in [0.1, 0.15) is 41.5 Å². The fourth-order valence-corrected chi connectivity index (χ4v) is 1.25. The van der Waals surface area contributed by atoms with Crippen molar-refractivity contribution in [3.8, 4) is 0 Å². The van der Waals surface area contributed by atoms with Crippen LogP contribution in [0.4, 0.5) is 0 Å². The largest absolute Gasteiger partial charge is 0.250 e. The topological polar surface area (TPSA) is 32.7 Å². The fraction of sp³-hybridized carbons (Fsp3) is 1.00. The minimum Gasteiger partial charge on any atom is -0.250 e. The Hall–Kier alpha value is -0.600. The molecule has 0 aromatic carbocycles. The Bertz CT molecular complexity index is 127. The van der Waals surface area contributed by atoms with Crippen molar-refractivity contribution in [2.45, 2.75) is 52.6 Å². The van der Waals surface area contributed by atoms with Gasteiger partial charge in [0.15, 0.2) is 0 Å². The molecule has 0 aliphatic rings. The smallest absolute Gasteiger partial charge is 0.0534 e. The van der Waals surface area contributed by atoms with Crippen LogP contribution < -0.4 is 0 Å². The van der Waals surface area contributed by atoms with Gasteiger partial charge in [0.2, 0.25) is 0 Å². The maximum absolute atomic E-state index is 10.5. The summed E-state index contributed by atoms with van der Waals surface area (Å²) < 4.78 is 0. The second kappa shape index (κ2) is 2.80. The highest BCUT2D eigenvalue weighted by Gasteiger charge is 2.31. The van der Waals surface area contributed by atoms with E-state index in [2.05, 4.69) is 5.29 Å². The van der Waals surface area contributed by atoms with E-state index in [4.69, 9.17) is 0 Å². The summed E-state index contributed by atoms with van der Waals surface area (Å²) in [6.45, 7) is 11.8. The number of rotatable bonds is 1. The lowest BCUT2D eigenvalue weighted by Gasteiger charge is -2.40. The summed E-state index contributed by atoms with van der Waals surface area (Å²) in [7, 11) is 0. The lowest BCUT2D eigenvalue weighted by molar-refractivity contribution is 0.0394. The van der Waals surface area contributed by atoms with Gasteiger partial charge in [0.25, 0.3) is 0 Å². The number of nitroso groups, excluding NO2 is 1. The molecule has 0 bridgehead atoms. The molecule has 0 saturated heterocycles. The zero-order chi connectivity index (χ0) is 9.28. The second-order valence-electron chi connectivity index (χ2n) is 4.74. The van der Waals surface area contributed by atoms with Gasteiger partial charge >= 0.3 is 0 Å². The van der Waals surface area contributed by atoms with Gasteiger partial charge in [0.1, 0.15) is 0 Å². The molecule has 0 atom stereocenters. The second-order valence-corrected chi connectivity index (χ2v) is 4.74. The van der Waals surface area contributed by atoms with Crippen LogP contribution in [0.2, 0.25) is 0 Å². The van der Waals surface area contributed by atoms with Crippen LogP contribution in [0, 0.1) is 4.91 Å². The number of nitrogens with zero attached hydrogens (tertiary/aromatic N) is 2. The fourth-order valence-electron chi connectivity index (χ4n) is 1.25. The quantitative estimate of drug-likeness (QED) is 0.434. The van der Waals surface area contributed by atoms with Gasteiger partial charge in [-0.05, 0) is 41.5 Å². The molecule has 0 spiro atoms. The summed E-state index contributed by atoms with van der Waals surface area (Å²) in [5, 5.41) is 4.58. The Kier molecular flexibility index (Phi) is 2.64. The average molecular weight is 158 g/mol.